The highest BCUT2D eigenvalue weighted by Gasteiger charge is 2.31. The lowest BCUT2D eigenvalue weighted by Crippen LogP contribution is -2.52. The Balaban J connectivity index is 2.43. The van der Waals surface area contributed by atoms with Gasteiger partial charge in [-0.1, -0.05) is 43.6 Å². The van der Waals surface area contributed by atoms with Gasteiger partial charge in [-0.15, -0.1) is 0 Å². The van der Waals surface area contributed by atoms with Crippen LogP contribution in [0.25, 0.3) is 0 Å². The second-order valence-corrected chi connectivity index (χ2v) is 10.7. The van der Waals surface area contributed by atoms with Crippen molar-refractivity contribution in [3.63, 3.8) is 0 Å². The van der Waals surface area contributed by atoms with E-state index in [0.717, 1.165) is 33.7 Å². The fraction of sp³-hybridized carbons (Fsp3) is 0.440. The second kappa shape index (κ2) is 12.2. The number of benzene rings is 2. The molecule has 2 rings (SSSR count). The fourth-order valence-electron chi connectivity index (χ4n) is 3.57. The lowest BCUT2D eigenvalue weighted by atomic mass is 10.1. The molecule has 2 amide bonds. The van der Waals surface area contributed by atoms with E-state index in [9.17, 15) is 18.0 Å². The predicted octanol–water partition coefficient (Wildman–Crippen LogP) is 4.06. The van der Waals surface area contributed by atoms with Gasteiger partial charge < -0.3 is 10.2 Å². The summed E-state index contributed by atoms with van der Waals surface area (Å²) in [5, 5.41) is 3.42. The highest BCUT2D eigenvalue weighted by atomic mass is 35.5. The maximum atomic E-state index is 13.6. The average molecular weight is 508 g/mol. The van der Waals surface area contributed by atoms with Crippen LogP contribution in [0.5, 0.6) is 0 Å². The third-order valence-corrected chi connectivity index (χ3v) is 7.05. The average Bonchev–Trinajstić information content (AvgIpc) is 2.78. The van der Waals surface area contributed by atoms with Crippen LogP contribution in [-0.4, -0.2) is 50.5 Å². The molecule has 1 N–H and O–H groups in total. The summed E-state index contributed by atoms with van der Waals surface area (Å²) >= 11 is 6.00. The number of carbonyl (C=O) groups is 2. The van der Waals surface area contributed by atoms with Gasteiger partial charge in [0.1, 0.15) is 12.6 Å². The van der Waals surface area contributed by atoms with E-state index in [1.807, 2.05) is 33.8 Å². The minimum Gasteiger partial charge on any atom is -0.354 e. The first-order chi connectivity index (χ1) is 16.0. The largest absolute Gasteiger partial charge is 0.354 e. The number of nitrogens with zero attached hydrogens (tertiary/aromatic N) is 2. The van der Waals surface area contributed by atoms with E-state index in [2.05, 4.69) is 5.32 Å². The van der Waals surface area contributed by atoms with Crippen molar-refractivity contribution in [3.05, 3.63) is 64.2 Å². The number of halogens is 1. The van der Waals surface area contributed by atoms with Gasteiger partial charge in [0.2, 0.25) is 21.8 Å². The van der Waals surface area contributed by atoms with Crippen molar-refractivity contribution < 1.29 is 18.0 Å². The first-order valence-electron chi connectivity index (χ1n) is 11.3. The standard InChI is InChI=1S/C25H34ClN3O4S/c1-6-14-27-25(31)23(7-2)28(16-20-9-11-21(26)12-10-20)24(30)17-29(34(5,32)33)22-13-8-18(3)19(4)15-22/h8-13,15,23H,6-7,14,16-17H2,1-5H3,(H,27,31)/t23-/m0/s1. The Morgan fingerprint density at radius 1 is 1.03 bits per heavy atom. The molecule has 0 aliphatic carbocycles. The highest BCUT2D eigenvalue weighted by Crippen LogP contribution is 2.23. The Morgan fingerprint density at radius 3 is 2.21 bits per heavy atom. The zero-order valence-electron chi connectivity index (χ0n) is 20.5. The number of aryl methyl sites for hydroxylation is 2. The van der Waals surface area contributed by atoms with Crippen LogP contribution in [0.1, 0.15) is 43.4 Å². The monoisotopic (exact) mass is 507 g/mol. The Kier molecular flexibility index (Phi) is 9.94. The number of hydrogen-bond acceptors (Lipinski definition) is 4. The molecule has 0 unspecified atom stereocenters. The summed E-state index contributed by atoms with van der Waals surface area (Å²) in [4.78, 5) is 27.9. The van der Waals surface area contributed by atoms with Crippen LogP contribution in [-0.2, 0) is 26.2 Å². The lowest BCUT2D eigenvalue weighted by molar-refractivity contribution is -0.140. The smallest absolute Gasteiger partial charge is 0.244 e. The van der Waals surface area contributed by atoms with E-state index in [4.69, 9.17) is 11.6 Å². The fourth-order valence-corrected chi connectivity index (χ4v) is 4.53. The number of sulfonamides is 1. The molecule has 186 valence electrons. The maximum absolute atomic E-state index is 13.6. The zero-order valence-corrected chi connectivity index (χ0v) is 22.0. The van der Waals surface area contributed by atoms with Crippen molar-refractivity contribution in [1.29, 1.82) is 0 Å². The van der Waals surface area contributed by atoms with E-state index in [1.54, 1.807) is 36.4 Å². The molecule has 9 heteroatoms. The molecule has 7 nitrogen and oxygen atoms in total. The van der Waals surface area contributed by atoms with Gasteiger partial charge in [0.05, 0.1) is 11.9 Å². The maximum Gasteiger partial charge on any atom is 0.244 e. The second-order valence-electron chi connectivity index (χ2n) is 8.40. The summed E-state index contributed by atoms with van der Waals surface area (Å²) in [5.41, 5.74) is 3.14. The normalized spacial score (nSPS) is 12.2. The SMILES string of the molecule is CCCNC(=O)[C@H](CC)N(Cc1ccc(Cl)cc1)C(=O)CN(c1ccc(C)c(C)c1)S(C)(=O)=O. The van der Waals surface area contributed by atoms with E-state index in [0.29, 0.717) is 23.7 Å². The van der Waals surface area contributed by atoms with Crippen molar-refractivity contribution in [2.24, 2.45) is 0 Å². The van der Waals surface area contributed by atoms with Crippen LogP contribution in [0.2, 0.25) is 5.02 Å². The number of anilines is 1. The number of amides is 2. The van der Waals surface area contributed by atoms with Gasteiger partial charge in [-0.2, -0.15) is 0 Å². The summed E-state index contributed by atoms with van der Waals surface area (Å²) in [7, 11) is -3.75. The van der Waals surface area contributed by atoms with Gasteiger partial charge in [0.15, 0.2) is 0 Å². The molecule has 0 radical (unpaired) electrons. The number of hydrogen-bond donors (Lipinski definition) is 1. The first kappa shape index (κ1) is 27.7. The molecule has 0 saturated carbocycles. The summed E-state index contributed by atoms with van der Waals surface area (Å²) in [6, 6.07) is 11.5. The molecule has 0 aliphatic heterocycles. The van der Waals surface area contributed by atoms with Gasteiger partial charge in [-0.25, -0.2) is 8.42 Å². The lowest BCUT2D eigenvalue weighted by Gasteiger charge is -2.33. The summed E-state index contributed by atoms with van der Waals surface area (Å²) in [6.07, 6.45) is 2.23. The molecular formula is C25H34ClN3O4S. The summed E-state index contributed by atoms with van der Waals surface area (Å²) in [6.45, 7) is 7.84. The molecule has 34 heavy (non-hydrogen) atoms. The van der Waals surface area contributed by atoms with Crippen LogP contribution in [0.3, 0.4) is 0 Å². The first-order valence-corrected chi connectivity index (χ1v) is 13.6. The van der Waals surface area contributed by atoms with Crippen molar-refractivity contribution >= 4 is 39.1 Å². The van der Waals surface area contributed by atoms with Gasteiger partial charge in [0.25, 0.3) is 0 Å². The summed E-state index contributed by atoms with van der Waals surface area (Å²) < 4.78 is 26.4. The van der Waals surface area contributed by atoms with Crippen LogP contribution in [0.4, 0.5) is 5.69 Å². The molecule has 0 saturated heterocycles. The molecular weight excluding hydrogens is 474 g/mol. The van der Waals surface area contributed by atoms with E-state index in [1.165, 1.54) is 4.90 Å². The molecule has 0 fully saturated rings. The molecule has 2 aromatic rings. The van der Waals surface area contributed by atoms with Crippen LogP contribution < -0.4 is 9.62 Å². The zero-order chi connectivity index (χ0) is 25.5. The third-order valence-electron chi connectivity index (χ3n) is 5.66. The van der Waals surface area contributed by atoms with Crippen LogP contribution >= 0.6 is 11.6 Å². The van der Waals surface area contributed by atoms with Crippen molar-refractivity contribution in [2.45, 2.75) is 53.1 Å². The van der Waals surface area contributed by atoms with Gasteiger partial charge in [-0.05, 0) is 67.6 Å². The minimum atomic E-state index is -3.75. The Hall–Kier alpha value is -2.58. The topological polar surface area (TPSA) is 86.8 Å². The molecule has 0 heterocycles. The Labute approximate surface area is 208 Å². The Morgan fingerprint density at radius 2 is 1.68 bits per heavy atom. The molecule has 0 bridgehead atoms. The molecule has 0 spiro atoms. The third kappa shape index (κ3) is 7.46. The molecule has 0 aromatic heterocycles. The van der Waals surface area contributed by atoms with Crippen molar-refractivity contribution in [1.82, 2.24) is 10.2 Å². The van der Waals surface area contributed by atoms with E-state index >= 15 is 0 Å². The number of carbonyl (C=O) groups excluding carboxylic acids is 2. The number of rotatable bonds is 11. The van der Waals surface area contributed by atoms with Gasteiger partial charge >= 0.3 is 0 Å². The van der Waals surface area contributed by atoms with Crippen LogP contribution in [0.15, 0.2) is 42.5 Å². The van der Waals surface area contributed by atoms with E-state index < -0.39 is 28.5 Å². The highest BCUT2D eigenvalue weighted by molar-refractivity contribution is 7.92. The predicted molar refractivity (Wildman–Crippen MR) is 137 cm³/mol. The van der Waals surface area contributed by atoms with Crippen molar-refractivity contribution in [3.8, 4) is 0 Å². The molecule has 0 aliphatic rings. The Bertz CT molecular complexity index is 1100. The molecule has 2 aromatic carbocycles. The number of nitrogens with one attached hydrogen (secondary N) is 1. The summed E-state index contributed by atoms with van der Waals surface area (Å²) in [5.74, 6) is -0.721. The van der Waals surface area contributed by atoms with Gasteiger partial charge in [0, 0.05) is 18.1 Å². The minimum absolute atomic E-state index is 0.151. The van der Waals surface area contributed by atoms with E-state index in [-0.39, 0.29) is 12.5 Å². The van der Waals surface area contributed by atoms with Crippen LogP contribution in [0, 0.1) is 13.8 Å². The van der Waals surface area contributed by atoms with Gasteiger partial charge in [-0.3, -0.25) is 13.9 Å². The quantitative estimate of drug-likeness (QED) is 0.497. The molecule has 1 atom stereocenters. The van der Waals surface area contributed by atoms with Crippen molar-refractivity contribution in [2.75, 3.05) is 23.7 Å².